The molecule has 0 radical (unpaired) electrons. The van der Waals surface area contributed by atoms with Gasteiger partial charge in [0.25, 0.3) is 11.8 Å². The molecule has 2 heterocycles. The van der Waals surface area contributed by atoms with Crippen molar-refractivity contribution in [1.29, 1.82) is 0 Å². The Bertz CT molecular complexity index is 1190. The maximum absolute atomic E-state index is 13.1. The molecule has 2 amide bonds. The number of carbonyl (C=O) groups excluding carboxylic acids is 2. The third-order valence-corrected chi connectivity index (χ3v) is 6.16. The van der Waals surface area contributed by atoms with Gasteiger partial charge in [-0.15, -0.1) is 0 Å². The zero-order valence-electron chi connectivity index (χ0n) is 19.1. The highest BCUT2D eigenvalue weighted by atomic mass is 16.5. The molecule has 2 N–H and O–H groups in total. The molecule has 3 aromatic rings. The third-order valence-electron chi connectivity index (χ3n) is 6.16. The van der Waals surface area contributed by atoms with Crippen LogP contribution in [0.3, 0.4) is 0 Å². The zero-order valence-corrected chi connectivity index (χ0v) is 19.1. The van der Waals surface area contributed by atoms with Crippen molar-refractivity contribution in [2.24, 2.45) is 7.05 Å². The summed E-state index contributed by atoms with van der Waals surface area (Å²) in [5.74, 6) is 0.939. The molecule has 0 unspecified atom stereocenters. The minimum absolute atomic E-state index is 0.0307. The molecule has 2 aromatic heterocycles. The van der Waals surface area contributed by atoms with E-state index in [1.165, 1.54) is 0 Å². The Hall–Kier alpha value is -3.42. The highest BCUT2D eigenvalue weighted by Gasteiger charge is 2.28. The number of fused-ring (bicyclic) bond motifs is 1. The van der Waals surface area contributed by atoms with Crippen LogP contribution in [0.15, 0.2) is 30.3 Å². The van der Waals surface area contributed by atoms with Gasteiger partial charge in [-0.05, 0) is 62.8 Å². The Balaban J connectivity index is 1.18. The summed E-state index contributed by atoms with van der Waals surface area (Å²) in [5, 5.41) is 11.3. The van der Waals surface area contributed by atoms with Gasteiger partial charge < -0.3 is 15.4 Å². The van der Waals surface area contributed by atoms with Gasteiger partial charge in [0.1, 0.15) is 5.75 Å². The number of amides is 2. The van der Waals surface area contributed by atoms with E-state index in [4.69, 9.17) is 9.72 Å². The maximum Gasteiger partial charge on any atom is 0.258 e. The fourth-order valence-corrected chi connectivity index (χ4v) is 4.05. The molecule has 2 aliphatic carbocycles. The van der Waals surface area contributed by atoms with Crippen molar-refractivity contribution in [3.8, 4) is 5.75 Å². The molecule has 0 atom stereocenters. The van der Waals surface area contributed by atoms with E-state index in [1.807, 2.05) is 44.3 Å². The molecule has 0 spiro atoms. The number of ether oxygens (including phenoxy) is 1. The smallest absolute Gasteiger partial charge is 0.258 e. The number of aromatic nitrogens is 3. The van der Waals surface area contributed by atoms with E-state index in [1.54, 1.807) is 4.68 Å². The number of hydrogen-bond acceptors (Lipinski definition) is 5. The van der Waals surface area contributed by atoms with E-state index in [0.29, 0.717) is 36.2 Å². The second kappa shape index (κ2) is 8.84. The number of rotatable bonds is 9. The highest BCUT2D eigenvalue weighted by molar-refractivity contribution is 6.06. The topological polar surface area (TPSA) is 98.1 Å². The van der Waals surface area contributed by atoms with E-state index >= 15 is 0 Å². The Morgan fingerprint density at radius 3 is 2.61 bits per heavy atom. The van der Waals surface area contributed by atoms with E-state index in [-0.39, 0.29) is 18.4 Å². The van der Waals surface area contributed by atoms with Crippen molar-refractivity contribution in [2.45, 2.75) is 51.0 Å². The summed E-state index contributed by atoms with van der Waals surface area (Å²) < 4.78 is 7.30. The Morgan fingerprint density at radius 2 is 1.91 bits per heavy atom. The molecule has 0 bridgehead atoms. The Kier molecular flexibility index (Phi) is 5.74. The van der Waals surface area contributed by atoms with Crippen molar-refractivity contribution in [2.75, 3.05) is 13.2 Å². The Labute approximate surface area is 192 Å². The van der Waals surface area contributed by atoms with Crippen molar-refractivity contribution in [3.63, 3.8) is 0 Å². The van der Waals surface area contributed by atoms with Gasteiger partial charge in [0.05, 0.1) is 16.6 Å². The lowest BCUT2D eigenvalue weighted by Crippen LogP contribution is -2.30. The number of nitrogens with zero attached hydrogens (tertiary/aromatic N) is 3. The maximum atomic E-state index is 13.1. The van der Waals surface area contributed by atoms with Gasteiger partial charge in [0.2, 0.25) is 0 Å². The van der Waals surface area contributed by atoms with Gasteiger partial charge in [-0.1, -0.05) is 12.1 Å². The zero-order chi connectivity index (χ0) is 22.9. The molecule has 5 rings (SSSR count). The van der Waals surface area contributed by atoms with Gasteiger partial charge in [0, 0.05) is 31.2 Å². The van der Waals surface area contributed by atoms with Crippen LogP contribution in [0.25, 0.3) is 11.0 Å². The lowest BCUT2D eigenvalue weighted by molar-refractivity contribution is -0.123. The predicted molar refractivity (Wildman–Crippen MR) is 124 cm³/mol. The quantitative estimate of drug-likeness (QED) is 0.526. The van der Waals surface area contributed by atoms with Gasteiger partial charge in [0.15, 0.2) is 12.3 Å². The molecule has 2 fully saturated rings. The van der Waals surface area contributed by atoms with Crippen LogP contribution < -0.4 is 15.4 Å². The molecule has 8 nitrogen and oxygen atoms in total. The van der Waals surface area contributed by atoms with Crippen LogP contribution in [-0.4, -0.2) is 45.8 Å². The first-order valence-electron chi connectivity index (χ1n) is 11.6. The number of benzene rings is 1. The third kappa shape index (κ3) is 4.99. The lowest BCUT2D eigenvalue weighted by atomic mass is 10.1. The molecule has 33 heavy (non-hydrogen) atoms. The minimum atomic E-state index is -0.0953. The number of pyridine rings is 1. The summed E-state index contributed by atoms with van der Waals surface area (Å²) in [6.07, 6.45) is 5.07. The van der Waals surface area contributed by atoms with E-state index < -0.39 is 0 Å². The SMILES string of the molecule is Cc1nn(C)c2nc(C3CC3)cc(C(=O)NCCc3ccc(OCC(=O)NC4CC4)cc3)c12. The monoisotopic (exact) mass is 447 g/mol. The van der Waals surface area contributed by atoms with E-state index in [2.05, 4.69) is 15.7 Å². The minimum Gasteiger partial charge on any atom is -0.484 e. The van der Waals surface area contributed by atoms with E-state index in [0.717, 1.165) is 53.7 Å². The first-order valence-corrected chi connectivity index (χ1v) is 11.6. The Morgan fingerprint density at radius 1 is 1.15 bits per heavy atom. The van der Waals surface area contributed by atoms with Crippen LogP contribution in [-0.2, 0) is 18.3 Å². The van der Waals surface area contributed by atoms with Crippen molar-refractivity contribution >= 4 is 22.8 Å². The van der Waals surface area contributed by atoms with Crippen molar-refractivity contribution in [1.82, 2.24) is 25.4 Å². The van der Waals surface area contributed by atoms with Crippen molar-refractivity contribution in [3.05, 3.63) is 52.8 Å². The largest absolute Gasteiger partial charge is 0.484 e. The molecule has 2 aliphatic rings. The molecule has 172 valence electrons. The molecule has 0 saturated heterocycles. The fraction of sp³-hybridized carbons (Fsp3) is 0.440. The molecule has 2 saturated carbocycles. The van der Waals surface area contributed by atoms with Crippen LogP contribution in [0.4, 0.5) is 0 Å². The number of aryl methyl sites for hydroxylation is 2. The summed E-state index contributed by atoms with van der Waals surface area (Å²) >= 11 is 0. The van der Waals surface area contributed by atoms with Gasteiger partial charge in [-0.3, -0.25) is 14.3 Å². The van der Waals surface area contributed by atoms with Crippen LogP contribution in [0, 0.1) is 6.92 Å². The number of hydrogen-bond donors (Lipinski definition) is 2. The normalized spacial score (nSPS) is 15.5. The summed E-state index contributed by atoms with van der Waals surface area (Å²) in [5.41, 5.74) is 4.30. The van der Waals surface area contributed by atoms with Gasteiger partial charge in [-0.25, -0.2) is 4.98 Å². The fourth-order valence-electron chi connectivity index (χ4n) is 4.05. The molecular formula is C25H29N5O3. The van der Waals surface area contributed by atoms with Crippen LogP contribution in [0.2, 0.25) is 0 Å². The molecule has 0 aliphatic heterocycles. The molecule has 1 aromatic carbocycles. The number of nitrogens with one attached hydrogen (secondary N) is 2. The average Bonchev–Trinajstić information content (AvgIpc) is 3.73. The predicted octanol–water partition coefficient (Wildman–Crippen LogP) is 2.78. The lowest BCUT2D eigenvalue weighted by Gasteiger charge is -2.10. The molecular weight excluding hydrogens is 418 g/mol. The summed E-state index contributed by atoms with van der Waals surface area (Å²) in [6, 6.07) is 9.91. The molecule has 8 heteroatoms. The highest BCUT2D eigenvalue weighted by Crippen LogP contribution is 2.40. The van der Waals surface area contributed by atoms with Gasteiger partial charge in [-0.2, -0.15) is 5.10 Å². The van der Waals surface area contributed by atoms with Gasteiger partial charge >= 0.3 is 0 Å². The summed E-state index contributed by atoms with van der Waals surface area (Å²) in [6.45, 7) is 2.46. The second-order valence-electron chi connectivity index (χ2n) is 9.06. The first-order chi connectivity index (χ1) is 16.0. The standard InChI is InChI=1S/C25H29N5O3/c1-15-23-20(13-21(17-5-6-17)28-24(23)30(2)29-15)25(32)26-12-11-16-3-9-19(10-4-16)33-14-22(31)27-18-7-8-18/h3-4,9-10,13,17-18H,5-8,11-12,14H2,1-2H3,(H,26,32)(H,27,31). The van der Waals surface area contributed by atoms with Crippen LogP contribution >= 0.6 is 0 Å². The van der Waals surface area contributed by atoms with Crippen LogP contribution in [0.1, 0.15) is 58.9 Å². The number of carbonyl (C=O) groups is 2. The average molecular weight is 448 g/mol. The summed E-state index contributed by atoms with van der Waals surface area (Å²) in [7, 11) is 1.87. The van der Waals surface area contributed by atoms with E-state index in [9.17, 15) is 9.59 Å². The van der Waals surface area contributed by atoms with Crippen molar-refractivity contribution < 1.29 is 14.3 Å². The second-order valence-corrected chi connectivity index (χ2v) is 9.06. The first kappa shape index (κ1) is 21.4. The summed E-state index contributed by atoms with van der Waals surface area (Å²) in [4.78, 5) is 29.6. The van der Waals surface area contributed by atoms with Crippen LogP contribution in [0.5, 0.6) is 5.75 Å².